The second kappa shape index (κ2) is 9.49. The zero-order valence-corrected chi connectivity index (χ0v) is 19.3. The lowest BCUT2D eigenvalue weighted by Crippen LogP contribution is -2.19. The van der Waals surface area contributed by atoms with Crippen molar-refractivity contribution in [2.75, 3.05) is 27.2 Å². The highest BCUT2D eigenvalue weighted by molar-refractivity contribution is 5.68. The lowest BCUT2D eigenvalue weighted by Gasteiger charge is -2.11. The highest BCUT2D eigenvalue weighted by Gasteiger charge is 2.13. The zero-order valence-electron chi connectivity index (χ0n) is 19.3. The Kier molecular flexibility index (Phi) is 6.10. The van der Waals surface area contributed by atoms with Crippen LogP contribution in [0.4, 0.5) is 0 Å². The van der Waals surface area contributed by atoms with E-state index in [-0.39, 0.29) is 0 Å². The second-order valence-electron chi connectivity index (χ2n) is 8.68. The third kappa shape index (κ3) is 4.43. The number of allylic oxidation sites excluding steroid dienone is 2. The van der Waals surface area contributed by atoms with Crippen LogP contribution in [0.1, 0.15) is 12.0 Å². The van der Waals surface area contributed by atoms with Crippen LogP contribution in [0.15, 0.2) is 72.2 Å². The number of aromatic amines is 1. The van der Waals surface area contributed by atoms with Crippen LogP contribution in [0.25, 0.3) is 22.7 Å². The number of fused-ring (bicyclic) bond motifs is 1. The number of dihydropyridines is 1. The van der Waals surface area contributed by atoms with E-state index in [2.05, 4.69) is 26.4 Å². The van der Waals surface area contributed by atoms with E-state index in [1.54, 1.807) is 0 Å². The van der Waals surface area contributed by atoms with Crippen molar-refractivity contribution in [1.82, 2.24) is 20.2 Å². The van der Waals surface area contributed by atoms with Gasteiger partial charge in [0.1, 0.15) is 18.2 Å². The van der Waals surface area contributed by atoms with Gasteiger partial charge in [-0.05, 0) is 80.2 Å². The number of nitroso groups, excluding NO2 is 1. The highest BCUT2D eigenvalue weighted by atomic mass is 16.5. The molecule has 0 radical (unpaired) electrons. The lowest BCUT2D eigenvalue weighted by molar-refractivity contribution is 0.261. The van der Waals surface area contributed by atoms with Crippen molar-refractivity contribution < 1.29 is 4.74 Å². The number of likely N-dealkylation sites (N-methyl/N-ethyl adjacent to an activating group) is 1. The van der Waals surface area contributed by atoms with Crippen LogP contribution in [0.5, 0.6) is 5.75 Å². The molecular weight excluding hydrogens is 426 g/mol. The van der Waals surface area contributed by atoms with E-state index >= 15 is 0 Å². The van der Waals surface area contributed by atoms with Crippen molar-refractivity contribution in [2.45, 2.75) is 12.8 Å². The summed E-state index contributed by atoms with van der Waals surface area (Å²) < 4.78 is 5.83. The molecule has 0 saturated carbocycles. The fourth-order valence-corrected chi connectivity index (χ4v) is 4.25. The van der Waals surface area contributed by atoms with Crippen LogP contribution in [0, 0.1) is 15.5 Å². The maximum Gasteiger partial charge on any atom is 0.138 e. The molecule has 1 aromatic heterocycles. The minimum atomic E-state index is 0.635. The van der Waals surface area contributed by atoms with E-state index in [9.17, 15) is 4.91 Å². The minimum absolute atomic E-state index is 0.635. The summed E-state index contributed by atoms with van der Waals surface area (Å²) in [5.41, 5.74) is 3.80. The van der Waals surface area contributed by atoms with E-state index in [1.165, 1.54) is 0 Å². The first-order chi connectivity index (χ1) is 16.6. The molecule has 172 valence electrons. The van der Waals surface area contributed by atoms with Crippen LogP contribution >= 0.6 is 0 Å². The van der Waals surface area contributed by atoms with Gasteiger partial charge in [0, 0.05) is 40.5 Å². The van der Waals surface area contributed by atoms with E-state index in [0.29, 0.717) is 18.7 Å². The SMILES string of the molecule is CN(C)CCOc1ccc(-c2nc(=c3ccc4c(c3)CCC=4N=O)c(=C3C=CNC=C3)[nH]2)cc1. The topological polar surface area (TPSA) is 82.6 Å². The zero-order chi connectivity index (χ0) is 23.5. The summed E-state index contributed by atoms with van der Waals surface area (Å²) in [7, 11) is 4.06. The molecule has 2 aliphatic rings. The largest absolute Gasteiger partial charge is 0.492 e. The molecule has 34 heavy (non-hydrogen) atoms. The molecular formula is C27H27N5O2. The number of aromatic nitrogens is 2. The summed E-state index contributed by atoms with van der Waals surface area (Å²) in [5.74, 6) is 1.63. The fourth-order valence-electron chi connectivity index (χ4n) is 4.25. The van der Waals surface area contributed by atoms with Crippen molar-refractivity contribution in [3.8, 4) is 17.1 Å². The van der Waals surface area contributed by atoms with Crippen LogP contribution in [0.3, 0.4) is 0 Å². The van der Waals surface area contributed by atoms with E-state index in [4.69, 9.17) is 9.72 Å². The van der Waals surface area contributed by atoms with Crippen LogP contribution < -0.4 is 20.6 Å². The van der Waals surface area contributed by atoms with Crippen LogP contribution in [0.2, 0.25) is 0 Å². The van der Waals surface area contributed by atoms with Gasteiger partial charge in [-0.2, -0.15) is 0 Å². The summed E-state index contributed by atoms with van der Waals surface area (Å²) in [6.45, 7) is 1.51. The third-order valence-electron chi connectivity index (χ3n) is 6.08. The number of rotatable bonds is 6. The predicted molar refractivity (Wildman–Crippen MR) is 134 cm³/mol. The Morgan fingerprint density at radius 3 is 2.59 bits per heavy atom. The molecule has 0 spiro atoms. The Labute approximate surface area is 197 Å². The molecule has 7 heteroatoms. The van der Waals surface area contributed by atoms with Gasteiger partial charge in [-0.25, -0.2) is 4.98 Å². The number of nitrogens with zero attached hydrogens (tertiary/aromatic N) is 3. The van der Waals surface area contributed by atoms with E-state index in [0.717, 1.165) is 62.4 Å². The molecule has 2 N–H and O–H groups in total. The minimum Gasteiger partial charge on any atom is -0.492 e. The molecule has 0 amide bonds. The maximum absolute atomic E-state index is 11.1. The maximum atomic E-state index is 11.1. The van der Waals surface area contributed by atoms with Crippen molar-refractivity contribution in [3.05, 3.63) is 98.6 Å². The highest BCUT2D eigenvalue weighted by Crippen LogP contribution is 2.20. The monoisotopic (exact) mass is 453 g/mol. The molecule has 7 nitrogen and oxygen atoms in total. The number of hydrogen-bond donors (Lipinski definition) is 2. The predicted octanol–water partition coefficient (Wildman–Crippen LogP) is 2.91. The average Bonchev–Trinajstić information content (AvgIpc) is 3.49. The summed E-state index contributed by atoms with van der Waals surface area (Å²) in [4.78, 5) is 21.7. The Hall–Kier alpha value is -3.97. The van der Waals surface area contributed by atoms with Gasteiger partial charge < -0.3 is 19.9 Å². The number of imidazole rings is 1. The van der Waals surface area contributed by atoms with Gasteiger partial charge in [0.05, 0.1) is 16.4 Å². The first-order valence-electron chi connectivity index (χ1n) is 11.4. The summed E-state index contributed by atoms with van der Waals surface area (Å²) >= 11 is 0. The Morgan fingerprint density at radius 2 is 1.85 bits per heavy atom. The summed E-state index contributed by atoms with van der Waals surface area (Å²) in [6, 6.07) is 14.1. The number of ether oxygens (including phenoxy) is 1. The number of nitrogens with one attached hydrogen (secondary N) is 2. The lowest BCUT2D eigenvalue weighted by atomic mass is 10.1. The molecule has 3 aromatic rings. The molecule has 0 saturated heterocycles. The number of benzene rings is 2. The van der Waals surface area contributed by atoms with Crippen molar-refractivity contribution in [2.24, 2.45) is 5.18 Å². The first kappa shape index (κ1) is 21.9. The Bertz CT molecular complexity index is 1480. The van der Waals surface area contributed by atoms with Gasteiger partial charge in [-0.3, -0.25) is 0 Å². The standard InChI is InChI=1S/C27H27N5O2/c1-32(2)15-16-34-22-7-3-19(4-8-22)27-29-25(18-11-13-28-14-12-18)26(30-27)21-5-9-23-20(17-21)6-10-24(23)31-33/h3-5,7-9,11-14,17,28H,6,10,15-16H2,1-2H3,(H,29,30). The molecule has 1 aliphatic carbocycles. The number of aryl methyl sites for hydroxylation is 1. The second-order valence-corrected chi connectivity index (χ2v) is 8.68. The van der Waals surface area contributed by atoms with E-state index in [1.807, 2.05) is 75.0 Å². The molecule has 2 aromatic carbocycles. The molecule has 0 atom stereocenters. The number of hydrogen-bond acceptors (Lipinski definition) is 6. The quantitative estimate of drug-likeness (QED) is 0.561. The summed E-state index contributed by atoms with van der Waals surface area (Å²) in [5, 5.41) is 10.1. The van der Waals surface area contributed by atoms with Gasteiger partial charge in [0.25, 0.3) is 0 Å². The molecule has 0 bridgehead atoms. The normalized spacial score (nSPS) is 15.5. The van der Waals surface area contributed by atoms with Gasteiger partial charge in [0.2, 0.25) is 0 Å². The van der Waals surface area contributed by atoms with Gasteiger partial charge >= 0.3 is 0 Å². The van der Waals surface area contributed by atoms with Crippen molar-refractivity contribution in [1.29, 1.82) is 0 Å². The molecule has 2 heterocycles. The smallest absolute Gasteiger partial charge is 0.138 e. The molecule has 0 unspecified atom stereocenters. The van der Waals surface area contributed by atoms with Gasteiger partial charge in [-0.15, -0.1) is 4.91 Å². The Morgan fingerprint density at radius 1 is 1.06 bits per heavy atom. The average molecular weight is 454 g/mol. The first-order valence-corrected chi connectivity index (χ1v) is 11.4. The van der Waals surface area contributed by atoms with Crippen molar-refractivity contribution >= 4 is 11.3 Å². The van der Waals surface area contributed by atoms with Gasteiger partial charge in [-0.1, -0.05) is 12.1 Å². The molecule has 0 fully saturated rings. The van der Waals surface area contributed by atoms with E-state index < -0.39 is 0 Å². The molecule has 5 rings (SSSR count). The Balaban J connectivity index is 1.62. The third-order valence-corrected chi connectivity index (χ3v) is 6.08. The van der Waals surface area contributed by atoms with Gasteiger partial charge in [0.15, 0.2) is 0 Å². The fraction of sp³-hybridized carbons (Fsp3) is 0.222. The number of H-pyrrole nitrogens is 1. The summed E-state index contributed by atoms with van der Waals surface area (Å²) in [6.07, 6.45) is 9.37. The van der Waals surface area contributed by atoms with Crippen LogP contribution in [-0.2, 0) is 6.42 Å². The molecule has 1 aliphatic heterocycles. The van der Waals surface area contributed by atoms with Crippen LogP contribution in [-0.4, -0.2) is 42.1 Å². The van der Waals surface area contributed by atoms with Crippen molar-refractivity contribution in [3.63, 3.8) is 0 Å².